The van der Waals surface area contributed by atoms with Crippen LogP contribution in [0.25, 0.3) is 0 Å². The number of likely N-dealkylation sites (tertiary alicyclic amines) is 1. The zero-order valence-electron chi connectivity index (χ0n) is 11.8. The number of ether oxygens (including phenoxy) is 1. The van der Waals surface area contributed by atoms with Crippen molar-refractivity contribution >= 4 is 11.8 Å². The molecule has 1 saturated heterocycles. The molecule has 1 aromatic rings. The first-order chi connectivity index (χ1) is 9.54. The maximum atomic E-state index is 11.8. The summed E-state index contributed by atoms with van der Waals surface area (Å²) in [6.45, 7) is 4.59. The molecule has 1 aliphatic rings. The van der Waals surface area contributed by atoms with Crippen molar-refractivity contribution in [2.24, 2.45) is 0 Å². The highest BCUT2D eigenvalue weighted by Crippen LogP contribution is 2.16. The Hall–Kier alpha value is -2.11. The van der Waals surface area contributed by atoms with E-state index < -0.39 is 0 Å². The average Bonchev–Trinajstić information content (AvgIpc) is 2.87. The Labute approximate surface area is 118 Å². The summed E-state index contributed by atoms with van der Waals surface area (Å²) in [5.74, 6) is 0.300. The van der Waals surface area contributed by atoms with E-state index >= 15 is 0 Å². The minimum atomic E-state index is -0.200. The van der Waals surface area contributed by atoms with Crippen LogP contribution in [0.3, 0.4) is 0 Å². The predicted octanol–water partition coefficient (Wildman–Crippen LogP) is 0.506. The number of pyridine rings is 1. The number of nitrogens with zero attached hydrogens (tertiary/aromatic N) is 2. The molecule has 1 fully saturated rings. The lowest BCUT2D eigenvalue weighted by atomic mass is 10.3. The minimum Gasteiger partial charge on any atom is -0.472 e. The van der Waals surface area contributed by atoms with E-state index in [-0.39, 0.29) is 24.5 Å². The van der Waals surface area contributed by atoms with E-state index in [1.54, 1.807) is 11.1 Å². The molecule has 0 aromatic carbocycles. The fraction of sp³-hybridized carbons (Fsp3) is 0.500. The average molecular weight is 277 g/mol. The van der Waals surface area contributed by atoms with Gasteiger partial charge in [-0.15, -0.1) is 0 Å². The normalized spacial score (nSPS) is 17.9. The highest BCUT2D eigenvalue weighted by molar-refractivity contribution is 5.83. The molecule has 6 nitrogen and oxygen atoms in total. The standard InChI is InChI=1S/C14H19N3O3/c1-10-3-4-13(16-7-10)20-12-5-6-17(9-12)14(19)8-15-11(2)18/h3-4,7,12H,5-6,8-9H2,1-2H3,(H,15,18). The largest absolute Gasteiger partial charge is 0.472 e. The number of hydrogen-bond donors (Lipinski definition) is 1. The van der Waals surface area contributed by atoms with Gasteiger partial charge < -0.3 is 15.0 Å². The Bertz CT molecular complexity index is 487. The fourth-order valence-corrected chi connectivity index (χ4v) is 2.06. The van der Waals surface area contributed by atoms with Crippen LogP contribution in [0.5, 0.6) is 5.88 Å². The van der Waals surface area contributed by atoms with Gasteiger partial charge in [0.15, 0.2) is 0 Å². The van der Waals surface area contributed by atoms with Gasteiger partial charge in [-0.05, 0) is 12.5 Å². The van der Waals surface area contributed by atoms with Gasteiger partial charge in [-0.2, -0.15) is 0 Å². The highest BCUT2D eigenvalue weighted by atomic mass is 16.5. The van der Waals surface area contributed by atoms with Crippen molar-refractivity contribution in [3.8, 4) is 5.88 Å². The van der Waals surface area contributed by atoms with Gasteiger partial charge in [-0.1, -0.05) is 6.07 Å². The number of nitrogens with one attached hydrogen (secondary N) is 1. The Morgan fingerprint density at radius 1 is 1.50 bits per heavy atom. The summed E-state index contributed by atoms with van der Waals surface area (Å²) in [6.07, 6.45) is 2.50. The molecule has 2 rings (SSSR count). The van der Waals surface area contributed by atoms with Crippen molar-refractivity contribution < 1.29 is 14.3 Å². The number of amides is 2. The lowest BCUT2D eigenvalue weighted by Gasteiger charge is -2.17. The Kier molecular flexibility index (Phi) is 4.55. The molecule has 1 aliphatic heterocycles. The summed E-state index contributed by atoms with van der Waals surface area (Å²) in [5.41, 5.74) is 1.08. The molecule has 108 valence electrons. The third-order valence-electron chi connectivity index (χ3n) is 3.16. The van der Waals surface area contributed by atoms with Gasteiger partial charge >= 0.3 is 0 Å². The van der Waals surface area contributed by atoms with Crippen molar-refractivity contribution in [1.29, 1.82) is 0 Å². The molecule has 0 radical (unpaired) electrons. The van der Waals surface area contributed by atoms with Crippen LogP contribution in [-0.4, -0.2) is 47.4 Å². The van der Waals surface area contributed by atoms with Gasteiger partial charge in [0.2, 0.25) is 17.7 Å². The second kappa shape index (κ2) is 6.36. The fourth-order valence-electron chi connectivity index (χ4n) is 2.06. The van der Waals surface area contributed by atoms with Crippen LogP contribution in [0.2, 0.25) is 0 Å². The first kappa shape index (κ1) is 14.3. The van der Waals surface area contributed by atoms with E-state index in [9.17, 15) is 9.59 Å². The van der Waals surface area contributed by atoms with E-state index in [0.717, 1.165) is 12.0 Å². The first-order valence-electron chi connectivity index (χ1n) is 6.66. The van der Waals surface area contributed by atoms with E-state index in [1.165, 1.54) is 6.92 Å². The molecule has 6 heteroatoms. The summed E-state index contributed by atoms with van der Waals surface area (Å²) >= 11 is 0. The SMILES string of the molecule is CC(=O)NCC(=O)N1CCC(Oc2ccc(C)cn2)C1. The van der Waals surface area contributed by atoms with Gasteiger partial charge in [-0.25, -0.2) is 4.98 Å². The van der Waals surface area contributed by atoms with Crippen molar-refractivity contribution in [2.75, 3.05) is 19.6 Å². The van der Waals surface area contributed by atoms with Crippen molar-refractivity contribution in [1.82, 2.24) is 15.2 Å². The number of aromatic nitrogens is 1. The molecule has 1 aromatic heterocycles. The molecule has 2 amide bonds. The zero-order chi connectivity index (χ0) is 14.5. The molecule has 0 saturated carbocycles. The van der Waals surface area contributed by atoms with Gasteiger partial charge in [0.05, 0.1) is 13.1 Å². The summed E-state index contributed by atoms with van der Waals surface area (Å²) in [7, 11) is 0. The second-order valence-electron chi connectivity index (χ2n) is 4.95. The second-order valence-corrected chi connectivity index (χ2v) is 4.95. The van der Waals surface area contributed by atoms with Crippen LogP contribution < -0.4 is 10.1 Å². The van der Waals surface area contributed by atoms with Crippen LogP contribution in [0, 0.1) is 6.92 Å². The molecule has 1 N–H and O–H groups in total. The molecular weight excluding hydrogens is 258 g/mol. The number of carbonyl (C=O) groups is 2. The van der Waals surface area contributed by atoms with E-state index in [0.29, 0.717) is 19.0 Å². The van der Waals surface area contributed by atoms with Crippen molar-refractivity contribution in [3.63, 3.8) is 0 Å². The monoisotopic (exact) mass is 277 g/mol. The lowest BCUT2D eigenvalue weighted by Crippen LogP contribution is -2.39. The molecule has 0 aliphatic carbocycles. The predicted molar refractivity (Wildman–Crippen MR) is 73.3 cm³/mol. The lowest BCUT2D eigenvalue weighted by molar-refractivity contribution is -0.131. The van der Waals surface area contributed by atoms with E-state index in [1.807, 2.05) is 19.1 Å². The molecule has 20 heavy (non-hydrogen) atoms. The molecule has 2 heterocycles. The van der Waals surface area contributed by atoms with Crippen LogP contribution in [-0.2, 0) is 9.59 Å². The Morgan fingerprint density at radius 2 is 2.30 bits per heavy atom. The van der Waals surface area contributed by atoms with Crippen LogP contribution in [0.15, 0.2) is 18.3 Å². The molecule has 1 unspecified atom stereocenters. The number of carbonyl (C=O) groups excluding carboxylic acids is 2. The Morgan fingerprint density at radius 3 is 2.95 bits per heavy atom. The van der Waals surface area contributed by atoms with Crippen LogP contribution in [0.1, 0.15) is 18.9 Å². The third-order valence-corrected chi connectivity index (χ3v) is 3.16. The minimum absolute atomic E-state index is 0.0357. The summed E-state index contributed by atoms with van der Waals surface area (Å²) in [4.78, 5) is 28.5. The summed E-state index contributed by atoms with van der Waals surface area (Å²) < 4.78 is 5.74. The van der Waals surface area contributed by atoms with Gasteiger partial charge in [-0.3, -0.25) is 9.59 Å². The summed E-state index contributed by atoms with van der Waals surface area (Å²) in [5, 5.41) is 2.51. The number of rotatable bonds is 4. The van der Waals surface area contributed by atoms with E-state index in [4.69, 9.17) is 4.74 Å². The molecule has 0 bridgehead atoms. The maximum Gasteiger partial charge on any atom is 0.242 e. The topological polar surface area (TPSA) is 71.5 Å². The molecule has 0 spiro atoms. The summed E-state index contributed by atoms with van der Waals surface area (Å²) in [6, 6.07) is 3.77. The number of hydrogen-bond acceptors (Lipinski definition) is 4. The van der Waals surface area contributed by atoms with Gasteiger partial charge in [0.1, 0.15) is 6.10 Å². The smallest absolute Gasteiger partial charge is 0.242 e. The van der Waals surface area contributed by atoms with Crippen LogP contribution in [0.4, 0.5) is 0 Å². The first-order valence-corrected chi connectivity index (χ1v) is 6.66. The third kappa shape index (κ3) is 3.94. The van der Waals surface area contributed by atoms with Crippen molar-refractivity contribution in [3.05, 3.63) is 23.9 Å². The van der Waals surface area contributed by atoms with Gasteiger partial charge in [0.25, 0.3) is 0 Å². The van der Waals surface area contributed by atoms with Crippen molar-refractivity contribution in [2.45, 2.75) is 26.4 Å². The number of aryl methyl sites for hydroxylation is 1. The van der Waals surface area contributed by atoms with Gasteiger partial charge in [0, 0.05) is 32.2 Å². The molecular formula is C14H19N3O3. The quantitative estimate of drug-likeness (QED) is 0.870. The molecule has 1 atom stereocenters. The Balaban J connectivity index is 1.81. The maximum absolute atomic E-state index is 11.8. The van der Waals surface area contributed by atoms with E-state index in [2.05, 4.69) is 10.3 Å². The zero-order valence-corrected chi connectivity index (χ0v) is 11.8. The van der Waals surface area contributed by atoms with Crippen LogP contribution >= 0.6 is 0 Å². The highest BCUT2D eigenvalue weighted by Gasteiger charge is 2.27.